The maximum atomic E-state index is 12.1. The summed E-state index contributed by atoms with van der Waals surface area (Å²) in [6, 6.07) is 12.3. The zero-order valence-electron chi connectivity index (χ0n) is 17.3. The second-order valence-electron chi connectivity index (χ2n) is 6.92. The van der Waals surface area contributed by atoms with E-state index in [-0.39, 0.29) is 0 Å². The Morgan fingerprint density at radius 3 is 2.77 bits per heavy atom. The minimum atomic E-state index is -0.838. The summed E-state index contributed by atoms with van der Waals surface area (Å²) in [7, 11) is 1.58. The van der Waals surface area contributed by atoms with Crippen LogP contribution in [0.4, 0.5) is 5.69 Å². The fraction of sp³-hybridized carbons (Fsp3) is 0.348. The van der Waals surface area contributed by atoms with Gasteiger partial charge in [0.2, 0.25) is 0 Å². The summed E-state index contributed by atoms with van der Waals surface area (Å²) in [5, 5.41) is 21.2. The third kappa shape index (κ3) is 5.67. The van der Waals surface area contributed by atoms with Crippen LogP contribution in [0.1, 0.15) is 47.4 Å². The number of rotatable bonds is 8. The van der Waals surface area contributed by atoms with Crippen molar-refractivity contribution in [2.24, 2.45) is 10.3 Å². The maximum absolute atomic E-state index is 12.1. The van der Waals surface area contributed by atoms with Crippen molar-refractivity contribution >= 4 is 17.7 Å². The molecule has 0 aliphatic carbocycles. The minimum absolute atomic E-state index is 0.301. The Morgan fingerprint density at radius 2 is 2.03 bits per heavy atom. The van der Waals surface area contributed by atoms with Gasteiger partial charge in [0.1, 0.15) is 5.75 Å². The molecule has 2 aromatic rings. The van der Waals surface area contributed by atoms with Crippen molar-refractivity contribution in [1.29, 1.82) is 0 Å². The quantitative estimate of drug-likeness (QED) is 0.504. The Labute approximate surface area is 176 Å². The molecule has 0 spiro atoms. The number of aliphatic hydroxyl groups excluding tert-OH is 1. The zero-order valence-corrected chi connectivity index (χ0v) is 17.3. The Hall–Kier alpha value is -3.19. The standard InChI is InChI=1S/C23H27N3O4/c1-3-30-23(28)19-9-11-21(24-25-26-13-4-5-14-26)17(15-19)10-12-22(27)18-7-6-8-20(16-18)29-2/h6-12,15-16,22,27H,3-5,13-14H2,1-2H3/b12-10+,25-24?. The van der Waals surface area contributed by atoms with Gasteiger partial charge in [0.05, 0.1) is 31.1 Å². The smallest absolute Gasteiger partial charge is 0.338 e. The molecule has 1 unspecified atom stereocenters. The van der Waals surface area contributed by atoms with E-state index in [9.17, 15) is 9.90 Å². The maximum Gasteiger partial charge on any atom is 0.338 e. The lowest BCUT2D eigenvalue weighted by atomic mass is 10.0. The van der Waals surface area contributed by atoms with Crippen molar-refractivity contribution < 1.29 is 19.4 Å². The Kier molecular flexibility index (Phi) is 7.57. The van der Waals surface area contributed by atoms with Gasteiger partial charge in [-0.3, -0.25) is 5.01 Å². The molecule has 1 atom stereocenters. The largest absolute Gasteiger partial charge is 0.497 e. The second-order valence-corrected chi connectivity index (χ2v) is 6.92. The molecule has 158 valence electrons. The average molecular weight is 409 g/mol. The van der Waals surface area contributed by atoms with Crippen LogP contribution < -0.4 is 4.74 Å². The number of carbonyl (C=O) groups excluding carboxylic acids is 1. The Balaban J connectivity index is 1.87. The third-order valence-electron chi connectivity index (χ3n) is 4.79. The van der Waals surface area contributed by atoms with Gasteiger partial charge in [-0.2, -0.15) is 0 Å². The predicted octanol–water partition coefficient (Wildman–Crippen LogP) is 4.71. The van der Waals surface area contributed by atoms with Crippen LogP contribution in [0.15, 0.2) is 58.9 Å². The van der Waals surface area contributed by atoms with Gasteiger partial charge < -0.3 is 14.6 Å². The topological polar surface area (TPSA) is 83.7 Å². The lowest BCUT2D eigenvalue weighted by molar-refractivity contribution is 0.0526. The summed E-state index contributed by atoms with van der Waals surface area (Å²) in [5.41, 5.74) is 2.41. The van der Waals surface area contributed by atoms with E-state index in [2.05, 4.69) is 10.3 Å². The average Bonchev–Trinajstić information content (AvgIpc) is 3.30. The van der Waals surface area contributed by atoms with E-state index in [0.717, 1.165) is 25.9 Å². The molecule has 1 fully saturated rings. The molecule has 0 radical (unpaired) electrons. The molecule has 1 aliphatic rings. The predicted molar refractivity (Wildman–Crippen MR) is 115 cm³/mol. The zero-order chi connectivity index (χ0) is 21.3. The van der Waals surface area contributed by atoms with Gasteiger partial charge in [0.15, 0.2) is 0 Å². The van der Waals surface area contributed by atoms with Crippen LogP contribution in [0.25, 0.3) is 6.08 Å². The number of aliphatic hydroxyl groups is 1. The van der Waals surface area contributed by atoms with Crippen LogP contribution >= 0.6 is 0 Å². The molecule has 30 heavy (non-hydrogen) atoms. The number of carbonyl (C=O) groups is 1. The van der Waals surface area contributed by atoms with Crippen molar-refractivity contribution in [3.8, 4) is 5.75 Å². The fourth-order valence-electron chi connectivity index (χ4n) is 3.15. The molecule has 3 rings (SSSR count). The molecule has 2 aromatic carbocycles. The molecule has 7 heteroatoms. The van der Waals surface area contributed by atoms with Gasteiger partial charge in [-0.25, -0.2) is 4.79 Å². The molecule has 0 saturated carbocycles. The first kappa shape index (κ1) is 21.5. The van der Waals surface area contributed by atoms with Crippen molar-refractivity contribution in [2.45, 2.75) is 25.9 Å². The molecule has 0 aromatic heterocycles. The molecule has 0 bridgehead atoms. The third-order valence-corrected chi connectivity index (χ3v) is 4.79. The molecular formula is C23H27N3O4. The fourth-order valence-corrected chi connectivity index (χ4v) is 3.15. The van der Waals surface area contributed by atoms with Gasteiger partial charge in [-0.1, -0.05) is 29.5 Å². The highest BCUT2D eigenvalue weighted by Gasteiger charge is 2.12. The summed E-state index contributed by atoms with van der Waals surface area (Å²) < 4.78 is 10.3. The van der Waals surface area contributed by atoms with Crippen LogP contribution in [0.5, 0.6) is 5.75 Å². The van der Waals surface area contributed by atoms with E-state index in [0.29, 0.717) is 34.7 Å². The number of ether oxygens (including phenoxy) is 2. The second kappa shape index (κ2) is 10.5. The van der Waals surface area contributed by atoms with Crippen molar-refractivity contribution in [3.05, 3.63) is 65.2 Å². The van der Waals surface area contributed by atoms with Crippen LogP contribution in [0, 0.1) is 0 Å². The molecule has 1 heterocycles. The van der Waals surface area contributed by atoms with Crippen molar-refractivity contribution in [3.63, 3.8) is 0 Å². The monoisotopic (exact) mass is 409 g/mol. The van der Waals surface area contributed by atoms with Gasteiger partial charge in [0, 0.05) is 18.7 Å². The Morgan fingerprint density at radius 1 is 1.23 bits per heavy atom. The van der Waals surface area contributed by atoms with Crippen molar-refractivity contribution in [2.75, 3.05) is 26.8 Å². The minimum Gasteiger partial charge on any atom is -0.497 e. The van der Waals surface area contributed by atoms with Crippen LogP contribution in [0.2, 0.25) is 0 Å². The SMILES string of the molecule is CCOC(=O)c1ccc(N=NN2CCCC2)c(/C=C/C(O)c2cccc(OC)c2)c1. The first-order valence-corrected chi connectivity index (χ1v) is 10.1. The molecule has 7 nitrogen and oxygen atoms in total. The van der Waals surface area contributed by atoms with E-state index in [4.69, 9.17) is 9.47 Å². The lowest BCUT2D eigenvalue weighted by Gasteiger charge is -2.10. The van der Waals surface area contributed by atoms with E-state index in [1.807, 2.05) is 23.2 Å². The molecular weight excluding hydrogens is 382 g/mol. The number of hydrogen-bond acceptors (Lipinski definition) is 6. The number of methoxy groups -OCH3 is 1. The van der Waals surface area contributed by atoms with E-state index < -0.39 is 12.1 Å². The van der Waals surface area contributed by atoms with Gasteiger partial charge in [-0.15, -0.1) is 5.11 Å². The van der Waals surface area contributed by atoms with Crippen LogP contribution in [-0.4, -0.2) is 42.9 Å². The number of nitrogens with zero attached hydrogens (tertiary/aromatic N) is 3. The Bertz CT molecular complexity index is 920. The number of hydrogen-bond donors (Lipinski definition) is 1. The van der Waals surface area contributed by atoms with E-state index in [1.54, 1.807) is 50.5 Å². The highest BCUT2D eigenvalue weighted by Crippen LogP contribution is 2.26. The molecule has 1 aliphatic heterocycles. The number of benzene rings is 2. The lowest BCUT2D eigenvalue weighted by Crippen LogP contribution is -2.09. The van der Waals surface area contributed by atoms with Crippen LogP contribution in [0.3, 0.4) is 0 Å². The molecule has 1 saturated heterocycles. The number of esters is 1. The normalized spacial score (nSPS) is 15.1. The van der Waals surface area contributed by atoms with E-state index in [1.165, 1.54) is 0 Å². The summed E-state index contributed by atoms with van der Waals surface area (Å²) in [6.07, 6.45) is 4.77. The summed E-state index contributed by atoms with van der Waals surface area (Å²) in [5.74, 6) is 0.271. The molecule has 1 N–H and O–H groups in total. The summed E-state index contributed by atoms with van der Waals surface area (Å²) in [6.45, 7) is 3.85. The van der Waals surface area contributed by atoms with Gasteiger partial charge >= 0.3 is 5.97 Å². The van der Waals surface area contributed by atoms with Gasteiger partial charge in [-0.05, 0) is 55.7 Å². The van der Waals surface area contributed by atoms with Crippen molar-refractivity contribution in [1.82, 2.24) is 5.01 Å². The van der Waals surface area contributed by atoms with Crippen LogP contribution in [-0.2, 0) is 4.74 Å². The first-order chi connectivity index (χ1) is 14.6. The molecule has 0 amide bonds. The van der Waals surface area contributed by atoms with Gasteiger partial charge in [0.25, 0.3) is 0 Å². The summed E-state index contributed by atoms with van der Waals surface area (Å²) in [4.78, 5) is 12.1. The van der Waals surface area contributed by atoms with E-state index >= 15 is 0 Å². The highest BCUT2D eigenvalue weighted by molar-refractivity contribution is 5.91. The summed E-state index contributed by atoms with van der Waals surface area (Å²) >= 11 is 0. The highest BCUT2D eigenvalue weighted by atomic mass is 16.5. The first-order valence-electron chi connectivity index (χ1n) is 10.1.